The highest BCUT2D eigenvalue weighted by molar-refractivity contribution is 5.72. The first-order valence-electron chi connectivity index (χ1n) is 22.2. The van der Waals surface area contributed by atoms with E-state index in [-0.39, 0.29) is 36.2 Å². The number of hydrogen-bond donors (Lipinski definition) is 1. The summed E-state index contributed by atoms with van der Waals surface area (Å²) in [6, 6.07) is -0.627. The van der Waals surface area contributed by atoms with Gasteiger partial charge in [-0.3, -0.25) is 9.59 Å². The third kappa shape index (κ3) is 37.8. The van der Waals surface area contributed by atoms with E-state index in [1.807, 2.05) is 51.5 Å². The minimum absolute atomic E-state index is 0.0392. The molecule has 0 radical (unpaired) electrons. The van der Waals surface area contributed by atoms with Crippen molar-refractivity contribution in [1.29, 1.82) is 0 Å². The predicted octanol–water partition coefficient (Wildman–Crippen LogP) is 12.1. The van der Waals surface area contributed by atoms with Gasteiger partial charge in [0.25, 0.3) is 0 Å². The van der Waals surface area contributed by atoms with Crippen LogP contribution in [0.5, 0.6) is 0 Å². The molecule has 0 aliphatic carbocycles. The number of aliphatic carboxylic acids is 1. The van der Waals surface area contributed by atoms with Gasteiger partial charge in [0.1, 0.15) is 6.61 Å². The zero-order chi connectivity index (χ0) is 42.1. The van der Waals surface area contributed by atoms with Crippen LogP contribution in [0.4, 0.5) is 0 Å². The van der Waals surface area contributed by atoms with E-state index in [4.69, 9.17) is 14.2 Å². The van der Waals surface area contributed by atoms with E-state index >= 15 is 0 Å². The van der Waals surface area contributed by atoms with Crippen LogP contribution in [0.25, 0.3) is 0 Å². The molecule has 0 aliphatic rings. The van der Waals surface area contributed by atoms with Crippen molar-refractivity contribution in [2.45, 2.75) is 167 Å². The van der Waals surface area contributed by atoms with Gasteiger partial charge in [0, 0.05) is 19.3 Å². The fourth-order valence-corrected chi connectivity index (χ4v) is 5.98. The Morgan fingerprint density at radius 1 is 0.544 bits per heavy atom. The van der Waals surface area contributed by atoms with Gasteiger partial charge in [-0.25, -0.2) is 4.79 Å². The molecular formula is C49H82NO7+. The van der Waals surface area contributed by atoms with Gasteiger partial charge in [-0.15, -0.1) is 0 Å². The van der Waals surface area contributed by atoms with Gasteiger partial charge < -0.3 is 23.8 Å². The number of quaternary nitrogens is 1. The summed E-state index contributed by atoms with van der Waals surface area (Å²) in [6.07, 6.45) is 50.5. The van der Waals surface area contributed by atoms with E-state index in [0.717, 1.165) is 89.9 Å². The van der Waals surface area contributed by atoms with Crippen molar-refractivity contribution < 1.29 is 38.2 Å². The lowest BCUT2D eigenvalue weighted by atomic mass is 10.1. The fourth-order valence-electron chi connectivity index (χ4n) is 5.98. The van der Waals surface area contributed by atoms with Crippen molar-refractivity contribution in [3.63, 3.8) is 0 Å². The van der Waals surface area contributed by atoms with Crippen molar-refractivity contribution in [3.05, 3.63) is 85.1 Å². The minimum atomic E-state index is -0.887. The summed E-state index contributed by atoms with van der Waals surface area (Å²) < 4.78 is 17.2. The average molecular weight is 797 g/mol. The average Bonchev–Trinajstić information content (AvgIpc) is 3.17. The maximum Gasteiger partial charge on any atom is 0.362 e. The molecule has 0 aromatic carbocycles. The molecule has 0 saturated carbocycles. The highest BCUT2D eigenvalue weighted by atomic mass is 16.6. The first kappa shape index (κ1) is 53.5. The topological polar surface area (TPSA) is 99.1 Å². The number of nitrogens with zero attached hydrogens (tertiary/aromatic N) is 1. The molecule has 0 aromatic heterocycles. The Labute approximate surface area is 348 Å². The lowest BCUT2D eigenvalue weighted by Gasteiger charge is -2.31. The van der Waals surface area contributed by atoms with Gasteiger partial charge in [0.2, 0.25) is 0 Å². The number of carbonyl (C=O) groups is 3. The summed E-state index contributed by atoms with van der Waals surface area (Å²) in [4.78, 5) is 37.0. The van der Waals surface area contributed by atoms with Gasteiger partial charge >= 0.3 is 17.9 Å². The lowest BCUT2D eigenvalue weighted by Crippen LogP contribution is -2.50. The number of hydrogen-bond acceptors (Lipinski definition) is 6. The maximum atomic E-state index is 12.7. The molecule has 0 fully saturated rings. The van der Waals surface area contributed by atoms with E-state index in [0.29, 0.717) is 19.3 Å². The number of likely N-dealkylation sites (N-methyl/N-ethyl adjacent to an activating group) is 1. The summed E-state index contributed by atoms with van der Waals surface area (Å²) in [5.74, 6) is -1.54. The molecule has 0 spiro atoms. The van der Waals surface area contributed by atoms with E-state index in [2.05, 4.69) is 68.5 Å². The second-order valence-electron chi connectivity index (χ2n) is 15.7. The summed E-state index contributed by atoms with van der Waals surface area (Å²) in [5.41, 5.74) is 0. The summed E-state index contributed by atoms with van der Waals surface area (Å²) in [5, 5.41) is 9.62. The van der Waals surface area contributed by atoms with Gasteiger partial charge in [-0.05, 0) is 57.8 Å². The van der Waals surface area contributed by atoms with Crippen molar-refractivity contribution in [2.75, 3.05) is 41.0 Å². The Balaban J connectivity index is 4.44. The molecule has 57 heavy (non-hydrogen) atoms. The van der Waals surface area contributed by atoms with Crippen molar-refractivity contribution in [2.24, 2.45) is 0 Å². The molecule has 0 rings (SSSR count). The normalized spacial score (nSPS) is 13.8. The zero-order valence-electron chi connectivity index (χ0n) is 36.8. The Morgan fingerprint density at radius 3 is 1.46 bits per heavy atom. The van der Waals surface area contributed by atoms with Crippen molar-refractivity contribution in [3.8, 4) is 0 Å². The monoisotopic (exact) mass is 797 g/mol. The summed E-state index contributed by atoms with van der Waals surface area (Å²) >= 11 is 0. The first-order chi connectivity index (χ1) is 27.6. The van der Waals surface area contributed by atoms with Crippen LogP contribution in [-0.4, -0.2) is 80.6 Å². The molecule has 0 bridgehead atoms. The van der Waals surface area contributed by atoms with E-state index < -0.39 is 18.1 Å². The van der Waals surface area contributed by atoms with Crippen LogP contribution in [0.2, 0.25) is 0 Å². The van der Waals surface area contributed by atoms with Gasteiger partial charge in [0.15, 0.2) is 12.1 Å². The molecule has 1 N–H and O–H groups in total. The molecule has 0 aromatic rings. The highest BCUT2D eigenvalue weighted by Crippen LogP contribution is 2.13. The largest absolute Gasteiger partial charge is 0.477 e. The molecule has 2 unspecified atom stereocenters. The van der Waals surface area contributed by atoms with Crippen molar-refractivity contribution >= 4 is 17.9 Å². The van der Waals surface area contributed by atoms with E-state index in [1.54, 1.807) is 0 Å². The number of esters is 2. The van der Waals surface area contributed by atoms with Crippen LogP contribution in [0, 0.1) is 0 Å². The predicted molar refractivity (Wildman–Crippen MR) is 238 cm³/mol. The molecule has 324 valence electrons. The Morgan fingerprint density at radius 2 is 0.982 bits per heavy atom. The molecule has 8 nitrogen and oxygen atoms in total. The highest BCUT2D eigenvalue weighted by Gasteiger charge is 2.31. The van der Waals surface area contributed by atoms with Crippen LogP contribution in [-0.2, 0) is 28.6 Å². The van der Waals surface area contributed by atoms with Crippen molar-refractivity contribution in [1.82, 2.24) is 0 Å². The Kier molecular flexibility index (Phi) is 36.9. The SMILES string of the molecule is CC/C=C/C=C/C=C/C=C/CCCCCCCC(=O)OC(COCCC(C(=O)O)[N+](C)(C)C)COC(=O)CCCCCCC/C=C/C=C/C=C/CCCCCCC. The molecular weight excluding hydrogens is 715 g/mol. The number of carboxylic acids is 1. The quantitative estimate of drug-likeness (QED) is 0.0287. The Bertz CT molecular complexity index is 1200. The molecule has 0 saturated heterocycles. The summed E-state index contributed by atoms with van der Waals surface area (Å²) in [7, 11) is 5.50. The van der Waals surface area contributed by atoms with Crippen LogP contribution >= 0.6 is 0 Å². The molecule has 0 amide bonds. The molecule has 0 heterocycles. The van der Waals surface area contributed by atoms with Gasteiger partial charge in [-0.2, -0.15) is 0 Å². The Hall–Kier alpha value is -3.49. The molecule has 0 aliphatic heterocycles. The number of carbonyl (C=O) groups excluding carboxylic acids is 2. The van der Waals surface area contributed by atoms with Gasteiger partial charge in [0.05, 0.1) is 34.4 Å². The standard InChI is InChI=1S/C49H81NO7/c1-6-8-10-12-14-16-18-20-22-23-24-26-27-29-31-33-35-37-39-47(51)56-44-45(43-55-42-41-46(49(53)54)50(3,4)5)57-48(52)40-38-36-34-32-30-28-25-21-19-17-15-13-11-9-7-2/h9,11,13,15,17-26,45-46H,6-8,10,12,14,16,27-44H2,1-5H3/p+1/b11-9+,15-13+,19-17+,20-18+,23-22+,25-21+,26-24+. The lowest BCUT2D eigenvalue weighted by molar-refractivity contribution is -0.887. The molecule has 8 heteroatoms. The fraction of sp³-hybridized carbons (Fsp3) is 0.653. The number of ether oxygens (including phenoxy) is 3. The van der Waals surface area contributed by atoms with Crippen LogP contribution in [0.1, 0.15) is 155 Å². The second-order valence-corrected chi connectivity index (χ2v) is 15.7. The number of rotatable bonds is 38. The minimum Gasteiger partial charge on any atom is -0.477 e. The summed E-state index contributed by atoms with van der Waals surface area (Å²) in [6.45, 7) is 4.51. The van der Waals surface area contributed by atoms with E-state index in [1.165, 1.54) is 32.1 Å². The first-order valence-corrected chi connectivity index (χ1v) is 22.2. The molecule has 2 atom stereocenters. The number of allylic oxidation sites excluding steroid dienone is 14. The third-order valence-corrected chi connectivity index (χ3v) is 9.43. The van der Waals surface area contributed by atoms with Gasteiger partial charge in [-0.1, -0.05) is 163 Å². The second kappa shape index (κ2) is 39.3. The maximum absolute atomic E-state index is 12.7. The zero-order valence-corrected chi connectivity index (χ0v) is 36.8. The number of unbranched alkanes of at least 4 members (excludes halogenated alkanes) is 15. The van der Waals surface area contributed by atoms with Crippen LogP contribution in [0.15, 0.2) is 85.1 Å². The van der Waals surface area contributed by atoms with Crippen LogP contribution in [0.3, 0.4) is 0 Å². The smallest absolute Gasteiger partial charge is 0.362 e. The number of carboxylic acid groups (broad SMARTS) is 1. The van der Waals surface area contributed by atoms with E-state index in [9.17, 15) is 19.5 Å². The third-order valence-electron chi connectivity index (χ3n) is 9.43. The van der Waals surface area contributed by atoms with Crippen LogP contribution < -0.4 is 0 Å².